The number of hydrogen-bond donors (Lipinski definition) is 1. The van der Waals surface area contributed by atoms with Crippen molar-refractivity contribution in [3.8, 4) is 11.5 Å². The van der Waals surface area contributed by atoms with Crippen LogP contribution in [0.4, 0.5) is 0 Å². The number of benzene rings is 1. The topological polar surface area (TPSA) is 38.7 Å². The number of aliphatic hydroxyl groups is 1. The van der Waals surface area contributed by atoms with Crippen LogP contribution >= 0.6 is 0 Å². The van der Waals surface area contributed by atoms with Crippen molar-refractivity contribution in [1.29, 1.82) is 0 Å². The molecule has 0 atom stereocenters. The van der Waals surface area contributed by atoms with E-state index in [2.05, 4.69) is 6.58 Å². The van der Waals surface area contributed by atoms with Gasteiger partial charge in [0, 0.05) is 0 Å². The van der Waals surface area contributed by atoms with Crippen molar-refractivity contribution >= 4 is 0 Å². The smallest absolute Gasteiger partial charge is 0.161 e. The molecule has 88 valence electrons. The molecule has 1 aromatic carbocycles. The van der Waals surface area contributed by atoms with Crippen molar-refractivity contribution in [3.63, 3.8) is 0 Å². The minimum atomic E-state index is 0.00705. The molecule has 16 heavy (non-hydrogen) atoms. The summed E-state index contributed by atoms with van der Waals surface area (Å²) in [5, 5.41) is 8.99. The molecule has 0 aliphatic rings. The van der Waals surface area contributed by atoms with Gasteiger partial charge >= 0.3 is 0 Å². The van der Waals surface area contributed by atoms with E-state index in [9.17, 15) is 0 Å². The maximum Gasteiger partial charge on any atom is 0.161 e. The molecule has 0 spiro atoms. The summed E-state index contributed by atoms with van der Waals surface area (Å²) < 4.78 is 10.8. The lowest BCUT2D eigenvalue weighted by Gasteiger charge is -2.11. The molecule has 0 fully saturated rings. The van der Waals surface area contributed by atoms with Crippen molar-refractivity contribution in [1.82, 2.24) is 0 Å². The van der Waals surface area contributed by atoms with Gasteiger partial charge in [0.15, 0.2) is 11.5 Å². The minimum absolute atomic E-state index is 0.00705. The highest BCUT2D eigenvalue weighted by atomic mass is 16.5. The third kappa shape index (κ3) is 3.59. The van der Waals surface area contributed by atoms with Crippen LogP contribution < -0.4 is 9.47 Å². The summed E-state index contributed by atoms with van der Waals surface area (Å²) in [5.74, 6) is 1.37. The van der Waals surface area contributed by atoms with Crippen LogP contribution in [-0.4, -0.2) is 18.8 Å². The van der Waals surface area contributed by atoms with Gasteiger partial charge in [-0.05, 0) is 30.5 Å². The first-order valence-corrected chi connectivity index (χ1v) is 5.33. The van der Waals surface area contributed by atoms with Gasteiger partial charge < -0.3 is 14.6 Å². The van der Waals surface area contributed by atoms with Crippen LogP contribution in [0.5, 0.6) is 11.5 Å². The van der Waals surface area contributed by atoms with Gasteiger partial charge in [0.25, 0.3) is 0 Å². The third-order valence-corrected chi connectivity index (χ3v) is 2.22. The minimum Gasteiger partial charge on any atom is -0.493 e. The Balaban J connectivity index is 2.60. The second-order valence-corrected chi connectivity index (χ2v) is 3.42. The maximum absolute atomic E-state index is 8.99. The van der Waals surface area contributed by atoms with Gasteiger partial charge in [0.2, 0.25) is 0 Å². The van der Waals surface area contributed by atoms with Gasteiger partial charge in [-0.15, -0.1) is 6.58 Å². The van der Waals surface area contributed by atoms with Crippen LogP contribution in [-0.2, 0) is 6.61 Å². The molecule has 0 aliphatic heterocycles. The Labute approximate surface area is 96.3 Å². The second-order valence-electron chi connectivity index (χ2n) is 3.42. The molecule has 1 N–H and O–H groups in total. The monoisotopic (exact) mass is 222 g/mol. The normalized spacial score (nSPS) is 9.88. The zero-order valence-corrected chi connectivity index (χ0v) is 9.61. The molecule has 3 heteroatoms. The number of ether oxygens (including phenoxy) is 2. The predicted octanol–water partition coefficient (Wildman–Crippen LogP) is 2.53. The third-order valence-electron chi connectivity index (χ3n) is 2.22. The molecule has 1 rings (SSSR count). The van der Waals surface area contributed by atoms with Crippen LogP contribution in [0.2, 0.25) is 0 Å². The SMILES string of the molecule is C=CCCCOc1ccc(CO)cc1OC. The number of allylic oxidation sites excluding steroid dienone is 1. The van der Waals surface area contributed by atoms with E-state index in [1.807, 2.05) is 18.2 Å². The lowest BCUT2D eigenvalue weighted by Crippen LogP contribution is -1.99. The lowest BCUT2D eigenvalue weighted by molar-refractivity contribution is 0.276. The standard InChI is InChI=1S/C13H18O3/c1-3-4-5-8-16-12-7-6-11(10-14)9-13(12)15-2/h3,6-7,9,14H,1,4-5,8,10H2,2H3. The van der Waals surface area contributed by atoms with Crippen LogP contribution in [0.3, 0.4) is 0 Å². The molecular weight excluding hydrogens is 204 g/mol. The van der Waals surface area contributed by atoms with E-state index < -0.39 is 0 Å². The Hall–Kier alpha value is -1.48. The van der Waals surface area contributed by atoms with Crippen molar-refractivity contribution in [2.45, 2.75) is 19.4 Å². The summed E-state index contributed by atoms with van der Waals surface area (Å²) in [6.45, 7) is 4.30. The summed E-state index contributed by atoms with van der Waals surface area (Å²) in [6.07, 6.45) is 3.75. The fourth-order valence-corrected chi connectivity index (χ4v) is 1.34. The zero-order chi connectivity index (χ0) is 11.8. The fraction of sp³-hybridized carbons (Fsp3) is 0.385. The van der Waals surface area contributed by atoms with Crippen molar-refractivity contribution in [2.75, 3.05) is 13.7 Å². The predicted molar refractivity (Wildman–Crippen MR) is 63.8 cm³/mol. The van der Waals surface area contributed by atoms with E-state index >= 15 is 0 Å². The Morgan fingerprint density at radius 3 is 2.81 bits per heavy atom. The van der Waals surface area contributed by atoms with Crippen molar-refractivity contribution in [2.24, 2.45) is 0 Å². The largest absolute Gasteiger partial charge is 0.493 e. The van der Waals surface area contributed by atoms with Gasteiger partial charge in [-0.1, -0.05) is 12.1 Å². The molecular formula is C13H18O3. The first kappa shape index (κ1) is 12.6. The second kappa shape index (κ2) is 6.90. The molecule has 0 saturated heterocycles. The summed E-state index contributed by atoms with van der Waals surface area (Å²) in [4.78, 5) is 0. The molecule has 0 amide bonds. The summed E-state index contributed by atoms with van der Waals surface area (Å²) in [7, 11) is 1.59. The first-order valence-electron chi connectivity index (χ1n) is 5.33. The maximum atomic E-state index is 8.99. The van der Waals surface area contributed by atoms with Crippen LogP contribution in [0.1, 0.15) is 18.4 Å². The van der Waals surface area contributed by atoms with Gasteiger partial charge in [-0.3, -0.25) is 0 Å². The molecule has 0 unspecified atom stereocenters. The Morgan fingerprint density at radius 1 is 1.38 bits per heavy atom. The van der Waals surface area contributed by atoms with E-state index in [0.29, 0.717) is 18.1 Å². The number of aliphatic hydroxyl groups excluding tert-OH is 1. The van der Waals surface area contributed by atoms with Gasteiger partial charge in [-0.2, -0.15) is 0 Å². The highest BCUT2D eigenvalue weighted by molar-refractivity contribution is 5.42. The first-order chi connectivity index (χ1) is 7.81. The number of rotatable bonds is 7. The van der Waals surface area contributed by atoms with Gasteiger partial charge in [-0.25, -0.2) is 0 Å². The molecule has 0 saturated carbocycles. The van der Waals surface area contributed by atoms with E-state index in [1.165, 1.54) is 0 Å². The van der Waals surface area contributed by atoms with Crippen LogP contribution in [0.15, 0.2) is 30.9 Å². The van der Waals surface area contributed by atoms with E-state index in [0.717, 1.165) is 18.4 Å². The zero-order valence-electron chi connectivity index (χ0n) is 9.61. The van der Waals surface area contributed by atoms with Crippen molar-refractivity contribution < 1.29 is 14.6 Å². The van der Waals surface area contributed by atoms with E-state index in [-0.39, 0.29) is 6.61 Å². The average molecular weight is 222 g/mol. The summed E-state index contributed by atoms with van der Waals surface area (Å²) in [6, 6.07) is 5.42. The number of methoxy groups -OCH3 is 1. The molecule has 0 radical (unpaired) electrons. The molecule has 0 aliphatic carbocycles. The number of hydrogen-bond acceptors (Lipinski definition) is 3. The van der Waals surface area contributed by atoms with Crippen LogP contribution in [0, 0.1) is 0 Å². The fourth-order valence-electron chi connectivity index (χ4n) is 1.34. The average Bonchev–Trinajstić information content (AvgIpc) is 2.34. The van der Waals surface area contributed by atoms with Gasteiger partial charge in [0.1, 0.15) is 0 Å². The molecule has 0 bridgehead atoms. The summed E-state index contributed by atoms with van der Waals surface area (Å²) >= 11 is 0. The van der Waals surface area contributed by atoms with Gasteiger partial charge in [0.05, 0.1) is 20.3 Å². The summed E-state index contributed by atoms with van der Waals surface area (Å²) in [5.41, 5.74) is 0.815. The van der Waals surface area contributed by atoms with Crippen LogP contribution in [0.25, 0.3) is 0 Å². The van der Waals surface area contributed by atoms with Crippen molar-refractivity contribution in [3.05, 3.63) is 36.4 Å². The molecule has 3 nitrogen and oxygen atoms in total. The molecule has 0 aromatic heterocycles. The Kier molecular flexibility index (Phi) is 5.43. The highest BCUT2D eigenvalue weighted by Crippen LogP contribution is 2.28. The quantitative estimate of drug-likeness (QED) is 0.569. The van der Waals surface area contributed by atoms with E-state index in [1.54, 1.807) is 13.2 Å². The lowest BCUT2D eigenvalue weighted by atomic mass is 10.2. The Bertz CT molecular complexity index is 334. The highest BCUT2D eigenvalue weighted by Gasteiger charge is 2.04. The number of unbranched alkanes of at least 4 members (excludes halogenated alkanes) is 1. The van der Waals surface area contributed by atoms with E-state index in [4.69, 9.17) is 14.6 Å². The molecule has 1 aromatic rings. The molecule has 0 heterocycles. The Morgan fingerprint density at radius 2 is 2.19 bits per heavy atom.